The number of sulfonamides is 1. The molecular weight excluding hydrogens is 316 g/mol. The van der Waals surface area contributed by atoms with Gasteiger partial charge >= 0.3 is 0 Å². The predicted octanol–water partition coefficient (Wildman–Crippen LogP) is 2.78. The molecule has 0 amide bonds. The molecule has 0 saturated heterocycles. The molecule has 22 heavy (non-hydrogen) atoms. The van der Waals surface area contributed by atoms with Crippen molar-refractivity contribution in [1.82, 2.24) is 0 Å². The zero-order chi connectivity index (χ0) is 16.3. The van der Waals surface area contributed by atoms with E-state index in [1.54, 1.807) is 0 Å². The van der Waals surface area contributed by atoms with Crippen LogP contribution in [-0.2, 0) is 10.0 Å². The molecule has 0 bridgehead atoms. The highest BCUT2D eigenvalue weighted by Crippen LogP contribution is 2.31. The van der Waals surface area contributed by atoms with E-state index in [0.717, 1.165) is 18.2 Å². The summed E-state index contributed by atoms with van der Waals surface area (Å²) in [4.78, 5) is -1.05. The second-order valence-electron chi connectivity index (χ2n) is 4.22. The molecule has 0 aromatic heterocycles. The Balaban J connectivity index is 2.45. The Bertz CT molecular complexity index is 773. The molecule has 0 saturated carbocycles. The van der Waals surface area contributed by atoms with Gasteiger partial charge in [0, 0.05) is 6.07 Å². The number of rotatable bonds is 5. The van der Waals surface area contributed by atoms with Crippen LogP contribution in [-0.4, -0.2) is 22.6 Å². The van der Waals surface area contributed by atoms with Gasteiger partial charge in [-0.15, -0.1) is 0 Å². The van der Waals surface area contributed by atoms with Gasteiger partial charge in [-0.2, -0.15) is 0 Å². The van der Waals surface area contributed by atoms with Gasteiger partial charge in [-0.05, 0) is 24.3 Å². The number of nitrogens with one attached hydrogen (secondary N) is 1. The summed E-state index contributed by atoms with van der Waals surface area (Å²) in [5.74, 6) is -1.77. The van der Waals surface area contributed by atoms with Gasteiger partial charge in [0.05, 0.1) is 19.9 Å². The SMILES string of the molecule is COc1ccc(NS(=O)(=O)c2c(F)cccc2F)c(OC)c1. The molecule has 0 spiro atoms. The lowest BCUT2D eigenvalue weighted by Crippen LogP contribution is -2.17. The van der Waals surface area contributed by atoms with Gasteiger partial charge in [0.25, 0.3) is 10.0 Å². The number of methoxy groups -OCH3 is 2. The normalized spacial score (nSPS) is 11.1. The molecule has 0 heterocycles. The van der Waals surface area contributed by atoms with Gasteiger partial charge in [0.15, 0.2) is 4.90 Å². The van der Waals surface area contributed by atoms with E-state index >= 15 is 0 Å². The summed E-state index contributed by atoms with van der Waals surface area (Å²) in [6, 6.07) is 7.10. The predicted molar refractivity (Wildman–Crippen MR) is 76.7 cm³/mol. The minimum absolute atomic E-state index is 0.0333. The number of hydrogen-bond acceptors (Lipinski definition) is 4. The monoisotopic (exact) mass is 329 g/mol. The first-order valence-corrected chi connectivity index (χ1v) is 7.56. The van der Waals surface area contributed by atoms with Crippen LogP contribution in [0.1, 0.15) is 0 Å². The molecule has 0 fully saturated rings. The molecule has 0 aliphatic carbocycles. The van der Waals surface area contributed by atoms with E-state index < -0.39 is 26.6 Å². The molecule has 2 aromatic rings. The van der Waals surface area contributed by atoms with Crippen LogP contribution in [0.2, 0.25) is 0 Å². The van der Waals surface area contributed by atoms with Crippen molar-refractivity contribution in [3.63, 3.8) is 0 Å². The van der Waals surface area contributed by atoms with E-state index in [9.17, 15) is 17.2 Å². The lowest BCUT2D eigenvalue weighted by atomic mass is 10.3. The number of benzene rings is 2. The van der Waals surface area contributed by atoms with E-state index in [2.05, 4.69) is 4.72 Å². The molecule has 0 unspecified atom stereocenters. The molecule has 0 aliphatic rings. The maximum atomic E-state index is 13.6. The maximum absolute atomic E-state index is 13.6. The van der Waals surface area contributed by atoms with Gasteiger partial charge < -0.3 is 9.47 Å². The second-order valence-corrected chi connectivity index (χ2v) is 5.84. The van der Waals surface area contributed by atoms with Crippen LogP contribution in [0.15, 0.2) is 41.3 Å². The largest absolute Gasteiger partial charge is 0.497 e. The second kappa shape index (κ2) is 6.18. The highest BCUT2D eigenvalue weighted by Gasteiger charge is 2.25. The smallest absolute Gasteiger partial charge is 0.267 e. The van der Waals surface area contributed by atoms with Crippen molar-refractivity contribution in [2.45, 2.75) is 4.90 Å². The van der Waals surface area contributed by atoms with Crippen LogP contribution in [0, 0.1) is 11.6 Å². The first-order chi connectivity index (χ1) is 10.4. The molecule has 0 atom stereocenters. The number of ether oxygens (including phenoxy) is 2. The van der Waals surface area contributed by atoms with Crippen molar-refractivity contribution in [2.75, 3.05) is 18.9 Å². The van der Waals surface area contributed by atoms with Crippen LogP contribution in [0.5, 0.6) is 11.5 Å². The molecule has 8 heteroatoms. The summed E-state index contributed by atoms with van der Waals surface area (Å²) in [5.41, 5.74) is 0.0333. The minimum Gasteiger partial charge on any atom is -0.497 e. The Morgan fingerprint density at radius 1 is 1.00 bits per heavy atom. The van der Waals surface area contributed by atoms with Gasteiger partial charge in [-0.1, -0.05) is 6.07 Å². The van der Waals surface area contributed by atoms with E-state index in [-0.39, 0.29) is 11.4 Å². The molecule has 2 rings (SSSR count). The Morgan fingerprint density at radius 2 is 1.64 bits per heavy atom. The first kappa shape index (κ1) is 16.0. The van der Waals surface area contributed by atoms with Crippen molar-refractivity contribution in [1.29, 1.82) is 0 Å². The molecule has 118 valence electrons. The van der Waals surface area contributed by atoms with Gasteiger partial charge in [0.1, 0.15) is 23.1 Å². The average Bonchev–Trinajstić information content (AvgIpc) is 2.46. The average molecular weight is 329 g/mol. The van der Waals surface area contributed by atoms with Crippen molar-refractivity contribution < 1.29 is 26.7 Å². The summed E-state index contributed by atoms with van der Waals surface area (Å²) in [7, 11) is -1.68. The summed E-state index contributed by atoms with van der Waals surface area (Å²) in [5, 5.41) is 0. The molecule has 5 nitrogen and oxygen atoms in total. The molecule has 1 N–H and O–H groups in total. The highest BCUT2D eigenvalue weighted by atomic mass is 32.2. The minimum atomic E-state index is -4.45. The van der Waals surface area contributed by atoms with Crippen molar-refractivity contribution in [2.24, 2.45) is 0 Å². The summed E-state index contributed by atoms with van der Waals surface area (Å²) >= 11 is 0. The van der Waals surface area contributed by atoms with E-state index in [4.69, 9.17) is 9.47 Å². The molecule has 0 aliphatic heterocycles. The third-order valence-corrected chi connectivity index (χ3v) is 4.26. The number of halogens is 2. The fourth-order valence-electron chi connectivity index (χ4n) is 1.82. The van der Waals surface area contributed by atoms with Crippen LogP contribution in [0.25, 0.3) is 0 Å². The zero-order valence-corrected chi connectivity index (χ0v) is 12.6. The third-order valence-electron chi connectivity index (χ3n) is 2.84. The third kappa shape index (κ3) is 3.11. The lowest BCUT2D eigenvalue weighted by Gasteiger charge is -2.13. The lowest BCUT2D eigenvalue weighted by molar-refractivity contribution is 0.395. The zero-order valence-electron chi connectivity index (χ0n) is 11.8. The topological polar surface area (TPSA) is 64.6 Å². The van der Waals surface area contributed by atoms with E-state index in [1.807, 2.05) is 0 Å². The fraction of sp³-hybridized carbons (Fsp3) is 0.143. The van der Waals surface area contributed by atoms with Crippen LogP contribution in [0.3, 0.4) is 0 Å². The molecular formula is C14H13F2NO4S. The van der Waals surface area contributed by atoms with E-state index in [0.29, 0.717) is 5.75 Å². The quantitative estimate of drug-likeness (QED) is 0.916. The van der Waals surface area contributed by atoms with Gasteiger partial charge in [0.2, 0.25) is 0 Å². The van der Waals surface area contributed by atoms with Crippen molar-refractivity contribution >= 4 is 15.7 Å². The Morgan fingerprint density at radius 3 is 2.18 bits per heavy atom. The Kier molecular flexibility index (Phi) is 4.51. The molecule has 2 aromatic carbocycles. The van der Waals surface area contributed by atoms with Gasteiger partial charge in [-0.3, -0.25) is 4.72 Å². The summed E-state index contributed by atoms with van der Waals surface area (Å²) < 4.78 is 63.8. The van der Waals surface area contributed by atoms with Crippen LogP contribution >= 0.6 is 0 Å². The van der Waals surface area contributed by atoms with Crippen molar-refractivity contribution in [3.05, 3.63) is 48.0 Å². The highest BCUT2D eigenvalue weighted by molar-refractivity contribution is 7.92. The first-order valence-electron chi connectivity index (χ1n) is 6.08. The number of hydrogen-bond donors (Lipinski definition) is 1. The van der Waals surface area contributed by atoms with Crippen LogP contribution in [0.4, 0.5) is 14.5 Å². The number of anilines is 1. The van der Waals surface area contributed by atoms with E-state index in [1.165, 1.54) is 32.4 Å². The van der Waals surface area contributed by atoms with Gasteiger partial charge in [-0.25, -0.2) is 17.2 Å². The summed E-state index contributed by atoms with van der Waals surface area (Å²) in [6.07, 6.45) is 0. The maximum Gasteiger partial charge on any atom is 0.267 e. The van der Waals surface area contributed by atoms with Crippen LogP contribution < -0.4 is 14.2 Å². The molecule has 0 radical (unpaired) electrons. The Labute approximate surface area is 126 Å². The fourth-order valence-corrected chi connectivity index (χ4v) is 3.03. The Hall–Kier alpha value is -2.35. The van der Waals surface area contributed by atoms with Crippen molar-refractivity contribution in [3.8, 4) is 11.5 Å². The standard InChI is InChI=1S/C14H13F2NO4S/c1-20-9-6-7-12(13(8-9)21-2)17-22(18,19)14-10(15)4-3-5-11(14)16/h3-8,17H,1-2H3. The summed E-state index contributed by atoms with van der Waals surface area (Å²) in [6.45, 7) is 0.